The van der Waals surface area contributed by atoms with Gasteiger partial charge in [-0.25, -0.2) is 0 Å². The highest BCUT2D eigenvalue weighted by Crippen LogP contribution is 2.14. The number of piperidine rings is 1. The SMILES string of the molecule is CN(CC#N)C1CCCN(CCN2CCOCC2)C1. The summed E-state index contributed by atoms with van der Waals surface area (Å²) in [7, 11) is 2.07. The Bertz CT molecular complexity index is 298. The number of rotatable bonds is 5. The molecule has 0 spiro atoms. The van der Waals surface area contributed by atoms with Crippen LogP contribution in [0.3, 0.4) is 0 Å². The summed E-state index contributed by atoms with van der Waals surface area (Å²) in [6, 6.07) is 2.80. The van der Waals surface area contributed by atoms with Gasteiger partial charge in [0.05, 0.1) is 25.8 Å². The van der Waals surface area contributed by atoms with Crippen LogP contribution in [0.4, 0.5) is 0 Å². The van der Waals surface area contributed by atoms with Crippen LogP contribution in [0.15, 0.2) is 0 Å². The fraction of sp³-hybridized carbons (Fsp3) is 0.929. The van der Waals surface area contributed by atoms with Crippen molar-refractivity contribution < 1.29 is 4.74 Å². The quantitative estimate of drug-likeness (QED) is 0.667. The number of morpholine rings is 1. The Morgan fingerprint density at radius 2 is 1.95 bits per heavy atom. The summed E-state index contributed by atoms with van der Waals surface area (Å²) in [5.41, 5.74) is 0. The minimum Gasteiger partial charge on any atom is -0.379 e. The average molecular weight is 266 g/mol. The Balaban J connectivity index is 1.70. The van der Waals surface area contributed by atoms with E-state index in [1.54, 1.807) is 0 Å². The molecule has 0 aliphatic carbocycles. The Morgan fingerprint density at radius 3 is 2.68 bits per heavy atom. The zero-order valence-electron chi connectivity index (χ0n) is 12.1. The topological polar surface area (TPSA) is 42.7 Å². The van der Waals surface area contributed by atoms with Gasteiger partial charge < -0.3 is 9.64 Å². The molecular weight excluding hydrogens is 240 g/mol. The van der Waals surface area contributed by atoms with Crippen molar-refractivity contribution in [2.75, 3.05) is 66.1 Å². The molecule has 0 aromatic rings. The second-order valence-corrected chi connectivity index (χ2v) is 5.62. The minimum absolute atomic E-state index is 0.544. The zero-order valence-corrected chi connectivity index (χ0v) is 12.1. The maximum absolute atomic E-state index is 8.78. The van der Waals surface area contributed by atoms with Crippen molar-refractivity contribution in [1.82, 2.24) is 14.7 Å². The van der Waals surface area contributed by atoms with Gasteiger partial charge in [0.2, 0.25) is 0 Å². The summed E-state index contributed by atoms with van der Waals surface area (Å²) in [6.45, 7) is 9.08. The smallest absolute Gasteiger partial charge is 0.0866 e. The van der Waals surface area contributed by atoms with Crippen LogP contribution in [-0.2, 0) is 4.74 Å². The van der Waals surface area contributed by atoms with E-state index in [9.17, 15) is 0 Å². The van der Waals surface area contributed by atoms with Crippen LogP contribution in [-0.4, -0.2) is 86.8 Å². The van der Waals surface area contributed by atoms with Gasteiger partial charge in [0.1, 0.15) is 0 Å². The normalized spacial score (nSPS) is 26.5. The van der Waals surface area contributed by atoms with Gasteiger partial charge in [-0.1, -0.05) is 0 Å². The molecule has 2 aliphatic heterocycles. The van der Waals surface area contributed by atoms with Crippen LogP contribution in [0.5, 0.6) is 0 Å². The van der Waals surface area contributed by atoms with Crippen LogP contribution >= 0.6 is 0 Å². The van der Waals surface area contributed by atoms with E-state index < -0.39 is 0 Å². The molecule has 2 heterocycles. The number of hydrogen-bond donors (Lipinski definition) is 0. The molecule has 5 heteroatoms. The van der Waals surface area contributed by atoms with Crippen molar-refractivity contribution in [2.45, 2.75) is 18.9 Å². The summed E-state index contributed by atoms with van der Waals surface area (Å²) >= 11 is 0. The van der Waals surface area contributed by atoms with E-state index in [0.29, 0.717) is 12.6 Å². The first kappa shape index (κ1) is 14.7. The fourth-order valence-corrected chi connectivity index (χ4v) is 2.94. The van der Waals surface area contributed by atoms with Gasteiger partial charge in [-0.15, -0.1) is 0 Å². The molecule has 2 aliphatic rings. The largest absolute Gasteiger partial charge is 0.379 e. The highest BCUT2D eigenvalue weighted by Gasteiger charge is 2.23. The third-order valence-corrected chi connectivity index (χ3v) is 4.26. The number of hydrogen-bond acceptors (Lipinski definition) is 5. The lowest BCUT2D eigenvalue weighted by molar-refractivity contribution is 0.0295. The van der Waals surface area contributed by atoms with Crippen molar-refractivity contribution in [3.05, 3.63) is 0 Å². The molecule has 2 rings (SSSR count). The second-order valence-electron chi connectivity index (χ2n) is 5.62. The van der Waals surface area contributed by atoms with Gasteiger partial charge in [0.25, 0.3) is 0 Å². The van der Waals surface area contributed by atoms with E-state index in [1.807, 2.05) is 0 Å². The van der Waals surface area contributed by atoms with Crippen molar-refractivity contribution >= 4 is 0 Å². The maximum Gasteiger partial charge on any atom is 0.0866 e. The summed E-state index contributed by atoms with van der Waals surface area (Å²) in [6.07, 6.45) is 2.48. The molecule has 0 saturated carbocycles. The van der Waals surface area contributed by atoms with E-state index in [2.05, 4.69) is 27.8 Å². The first-order valence-corrected chi connectivity index (χ1v) is 7.39. The van der Waals surface area contributed by atoms with Gasteiger partial charge in [0.15, 0.2) is 0 Å². The summed E-state index contributed by atoms with van der Waals surface area (Å²) in [5, 5.41) is 8.78. The predicted molar refractivity (Wildman–Crippen MR) is 75.0 cm³/mol. The number of likely N-dealkylation sites (N-methyl/N-ethyl adjacent to an activating group) is 1. The number of nitriles is 1. The van der Waals surface area contributed by atoms with Gasteiger partial charge in [-0.05, 0) is 26.4 Å². The predicted octanol–water partition coefficient (Wildman–Crippen LogP) is 0.238. The molecule has 5 nitrogen and oxygen atoms in total. The van der Waals surface area contributed by atoms with Gasteiger partial charge >= 0.3 is 0 Å². The van der Waals surface area contributed by atoms with Crippen LogP contribution in [0.2, 0.25) is 0 Å². The molecule has 108 valence electrons. The summed E-state index contributed by atoms with van der Waals surface area (Å²) in [4.78, 5) is 7.24. The molecule has 0 N–H and O–H groups in total. The summed E-state index contributed by atoms with van der Waals surface area (Å²) in [5.74, 6) is 0. The third kappa shape index (κ3) is 4.73. The molecule has 1 atom stereocenters. The Hall–Kier alpha value is -0.670. The van der Waals surface area contributed by atoms with E-state index >= 15 is 0 Å². The Kier molecular flexibility index (Phi) is 6.05. The van der Waals surface area contributed by atoms with Crippen molar-refractivity contribution in [3.63, 3.8) is 0 Å². The number of ether oxygens (including phenoxy) is 1. The highest BCUT2D eigenvalue weighted by atomic mass is 16.5. The van der Waals surface area contributed by atoms with Gasteiger partial charge in [-0.3, -0.25) is 9.80 Å². The molecule has 1 unspecified atom stereocenters. The highest BCUT2D eigenvalue weighted by molar-refractivity contribution is 4.84. The number of likely N-dealkylation sites (tertiary alicyclic amines) is 1. The first-order chi connectivity index (χ1) is 9.29. The molecule has 0 radical (unpaired) electrons. The molecule has 0 aromatic heterocycles. The lowest BCUT2D eigenvalue weighted by Gasteiger charge is -2.38. The third-order valence-electron chi connectivity index (χ3n) is 4.26. The van der Waals surface area contributed by atoms with Crippen molar-refractivity contribution in [2.24, 2.45) is 0 Å². The molecule has 2 fully saturated rings. The van der Waals surface area contributed by atoms with Crippen LogP contribution in [0.25, 0.3) is 0 Å². The lowest BCUT2D eigenvalue weighted by atomic mass is 10.0. The Morgan fingerprint density at radius 1 is 1.21 bits per heavy atom. The maximum atomic E-state index is 8.78. The minimum atomic E-state index is 0.544. The molecule has 0 amide bonds. The van der Waals surface area contributed by atoms with Crippen LogP contribution in [0.1, 0.15) is 12.8 Å². The first-order valence-electron chi connectivity index (χ1n) is 7.39. The van der Waals surface area contributed by atoms with E-state index in [4.69, 9.17) is 10.00 Å². The zero-order chi connectivity index (χ0) is 13.5. The Labute approximate surface area is 116 Å². The van der Waals surface area contributed by atoms with E-state index in [-0.39, 0.29) is 0 Å². The van der Waals surface area contributed by atoms with Crippen molar-refractivity contribution in [3.8, 4) is 6.07 Å². The van der Waals surface area contributed by atoms with Crippen LogP contribution in [0, 0.1) is 11.3 Å². The molecule has 0 bridgehead atoms. The molecule has 2 saturated heterocycles. The standard InChI is InChI=1S/C14H26N4O/c1-16(6-4-15)14-3-2-5-18(13-14)8-7-17-9-11-19-12-10-17/h14H,2-3,5-13H2,1H3. The number of nitrogens with zero attached hydrogens (tertiary/aromatic N) is 4. The van der Waals surface area contributed by atoms with Crippen LogP contribution < -0.4 is 0 Å². The molecular formula is C14H26N4O. The van der Waals surface area contributed by atoms with E-state index in [0.717, 1.165) is 45.9 Å². The van der Waals surface area contributed by atoms with E-state index in [1.165, 1.54) is 19.4 Å². The van der Waals surface area contributed by atoms with Gasteiger partial charge in [-0.2, -0.15) is 5.26 Å². The molecule has 0 aromatic carbocycles. The van der Waals surface area contributed by atoms with Crippen molar-refractivity contribution in [1.29, 1.82) is 5.26 Å². The fourth-order valence-electron chi connectivity index (χ4n) is 2.94. The summed E-state index contributed by atoms with van der Waals surface area (Å²) < 4.78 is 5.37. The average Bonchev–Trinajstić information content (AvgIpc) is 2.47. The lowest BCUT2D eigenvalue weighted by Crippen LogP contribution is -2.49. The van der Waals surface area contributed by atoms with Gasteiger partial charge in [0, 0.05) is 38.8 Å². The second kappa shape index (κ2) is 7.81. The molecule has 19 heavy (non-hydrogen) atoms. The monoisotopic (exact) mass is 266 g/mol.